The second-order valence-electron chi connectivity index (χ2n) is 8.51. The molecule has 3 unspecified atom stereocenters. The number of epoxide rings is 1. The number of aliphatic hydroxyl groups is 2. The van der Waals surface area contributed by atoms with Gasteiger partial charge in [0.15, 0.2) is 0 Å². The van der Waals surface area contributed by atoms with E-state index in [1.807, 2.05) is 11.0 Å². The van der Waals surface area contributed by atoms with Gasteiger partial charge >= 0.3 is 5.97 Å². The largest absolute Gasteiger partial charge is 0.491 e. The van der Waals surface area contributed by atoms with Crippen LogP contribution in [0.1, 0.15) is 40.1 Å². The molecule has 9 nitrogen and oxygen atoms in total. The Morgan fingerprint density at radius 1 is 1.15 bits per heavy atom. The number of esters is 1. The van der Waals surface area contributed by atoms with Gasteiger partial charge in [-0.3, -0.25) is 9.69 Å². The number of rotatable bonds is 12. The molecule has 184 valence electrons. The zero-order valence-corrected chi connectivity index (χ0v) is 19.7. The molecule has 1 aliphatic heterocycles. The maximum atomic E-state index is 13.0. The highest BCUT2D eigenvalue weighted by molar-refractivity contribution is 6.08. The number of amides is 1. The van der Waals surface area contributed by atoms with Gasteiger partial charge in [-0.1, -0.05) is 12.1 Å². The Kier molecular flexibility index (Phi) is 9.00. The van der Waals surface area contributed by atoms with Gasteiger partial charge in [-0.05, 0) is 49.7 Å². The van der Waals surface area contributed by atoms with Gasteiger partial charge in [0.1, 0.15) is 18.5 Å². The van der Waals surface area contributed by atoms with Crippen LogP contribution < -0.4 is 10.1 Å². The first kappa shape index (κ1) is 25.6. The van der Waals surface area contributed by atoms with Crippen molar-refractivity contribution in [2.75, 3.05) is 38.7 Å². The Morgan fingerprint density at radius 3 is 2.47 bits per heavy atom. The summed E-state index contributed by atoms with van der Waals surface area (Å²) in [6.45, 7) is 5.67. The second-order valence-corrected chi connectivity index (χ2v) is 8.51. The minimum absolute atomic E-state index is 0.0744. The topological polar surface area (TPSA) is 121 Å². The van der Waals surface area contributed by atoms with Gasteiger partial charge < -0.3 is 29.7 Å². The summed E-state index contributed by atoms with van der Waals surface area (Å²) in [5, 5.41) is 22.3. The van der Waals surface area contributed by atoms with Crippen LogP contribution in [0.3, 0.4) is 0 Å². The minimum atomic E-state index is -0.593. The fourth-order valence-electron chi connectivity index (χ4n) is 3.57. The molecule has 0 bridgehead atoms. The number of hydrogen-bond acceptors (Lipinski definition) is 8. The smallest absolute Gasteiger partial charge is 0.340 e. The summed E-state index contributed by atoms with van der Waals surface area (Å²) in [7, 11) is 1.27. The van der Waals surface area contributed by atoms with Crippen LogP contribution in [0.25, 0.3) is 0 Å². The second kappa shape index (κ2) is 11.9. The molecule has 3 atom stereocenters. The molecule has 0 saturated carbocycles. The number of nitrogens with one attached hydrogen (secondary N) is 1. The molecule has 1 heterocycles. The number of ether oxygens (including phenoxy) is 3. The van der Waals surface area contributed by atoms with Gasteiger partial charge in [0.25, 0.3) is 5.91 Å². The molecule has 3 rings (SSSR count). The SMILES string of the molecule is COC(=O)c1cc(OCC2CO2)ccc1NC(=O)c1cccc(CN(CC(C)O)CC(C)O)c1. The van der Waals surface area contributed by atoms with E-state index in [0.29, 0.717) is 49.8 Å². The quantitative estimate of drug-likeness (QED) is 0.317. The van der Waals surface area contributed by atoms with Crippen LogP contribution in [0.4, 0.5) is 5.69 Å². The van der Waals surface area contributed by atoms with Gasteiger partial charge in [0.2, 0.25) is 0 Å². The fourth-order valence-corrected chi connectivity index (χ4v) is 3.57. The Bertz CT molecular complexity index is 979. The number of benzene rings is 2. The third-order valence-electron chi connectivity index (χ3n) is 5.12. The third kappa shape index (κ3) is 7.81. The van der Waals surface area contributed by atoms with Gasteiger partial charge in [-0.2, -0.15) is 0 Å². The van der Waals surface area contributed by atoms with Gasteiger partial charge in [-0.25, -0.2) is 4.79 Å². The summed E-state index contributed by atoms with van der Waals surface area (Å²) in [5.41, 5.74) is 1.75. The van der Waals surface area contributed by atoms with E-state index in [2.05, 4.69) is 5.32 Å². The molecule has 1 fully saturated rings. The van der Waals surface area contributed by atoms with E-state index < -0.39 is 18.2 Å². The number of methoxy groups -OCH3 is 1. The number of anilines is 1. The zero-order chi connectivity index (χ0) is 24.7. The van der Waals surface area contributed by atoms with E-state index in [1.54, 1.807) is 44.2 Å². The van der Waals surface area contributed by atoms with Gasteiger partial charge in [0.05, 0.1) is 37.2 Å². The van der Waals surface area contributed by atoms with Gasteiger partial charge in [0, 0.05) is 25.2 Å². The van der Waals surface area contributed by atoms with Crippen molar-refractivity contribution >= 4 is 17.6 Å². The summed E-state index contributed by atoms with van der Waals surface area (Å²) < 4.78 is 15.6. The van der Waals surface area contributed by atoms with Crippen molar-refractivity contribution in [3.8, 4) is 5.75 Å². The van der Waals surface area contributed by atoms with Crippen molar-refractivity contribution in [2.24, 2.45) is 0 Å². The van der Waals surface area contributed by atoms with Crippen molar-refractivity contribution in [1.82, 2.24) is 4.90 Å². The number of aliphatic hydroxyl groups excluding tert-OH is 2. The first-order valence-corrected chi connectivity index (χ1v) is 11.2. The molecular weight excluding hydrogens is 440 g/mol. The molecule has 0 radical (unpaired) electrons. The number of carbonyl (C=O) groups is 2. The van der Waals surface area contributed by atoms with E-state index in [9.17, 15) is 19.8 Å². The predicted molar refractivity (Wildman–Crippen MR) is 126 cm³/mol. The molecule has 2 aromatic carbocycles. The highest BCUT2D eigenvalue weighted by Crippen LogP contribution is 2.25. The number of nitrogens with zero attached hydrogens (tertiary/aromatic N) is 1. The molecule has 0 spiro atoms. The average molecular weight is 473 g/mol. The van der Waals surface area contributed by atoms with Crippen LogP contribution in [0.15, 0.2) is 42.5 Å². The molecule has 34 heavy (non-hydrogen) atoms. The highest BCUT2D eigenvalue weighted by Gasteiger charge is 2.24. The van der Waals surface area contributed by atoms with Crippen molar-refractivity contribution < 1.29 is 34.0 Å². The third-order valence-corrected chi connectivity index (χ3v) is 5.12. The van der Waals surface area contributed by atoms with Crippen molar-refractivity contribution in [3.05, 3.63) is 59.2 Å². The Morgan fingerprint density at radius 2 is 1.85 bits per heavy atom. The van der Waals surface area contributed by atoms with E-state index >= 15 is 0 Å². The van der Waals surface area contributed by atoms with Crippen LogP contribution in [-0.4, -0.2) is 78.7 Å². The predicted octanol–water partition coefficient (Wildman–Crippen LogP) is 2.07. The van der Waals surface area contributed by atoms with Crippen LogP contribution in [-0.2, 0) is 16.0 Å². The van der Waals surface area contributed by atoms with Crippen LogP contribution in [0, 0.1) is 0 Å². The zero-order valence-electron chi connectivity index (χ0n) is 19.7. The molecule has 1 aliphatic rings. The van der Waals surface area contributed by atoms with Crippen LogP contribution in [0.2, 0.25) is 0 Å². The Hall–Kier alpha value is -2.98. The molecular formula is C25H32N2O7. The summed E-state index contributed by atoms with van der Waals surface area (Å²) >= 11 is 0. The lowest BCUT2D eigenvalue weighted by Crippen LogP contribution is -2.35. The summed E-state index contributed by atoms with van der Waals surface area (Å²) in [5.74, 6) is -0.499. The monoisotopic (exact) mass is 472 g/mol. The minimum Gasteiger partial charge on any atom is -0.491 e. The van der Waals surface area contributed by atoms with E-state index in [0.717, 1.165) is 5.56 Å². The standard InChI is InChI=1S/C25H32N2O7/c1-16(28)11-27(12-17(2)29)13-18-5-4-6-19(9-18)24(30)26-23-8-7-20(33-14-21-15-34-21)10-22(23)25(31)32-3/h4-10,16-17,21,28-29H,11-15H2,1-3H3,(H,26,30). The number of carbonyl (C=O) groups excluding carboxylic acids is 2. The Balaban J connectivity index is 1.73. The lowest BCUT2D eigenvalue weighted by atomic mass is 10.1. The molecule has 0 aliphatic carbocycles. The molecule has 3 N–H and O–H groups in total. The summed E-state index contributed by atoms with van der Waals surface area (Å²) in [6, 6.07) is 11.9. The first-order chi connectivity index (χ1) is 16.2. The average Bonchev–Trinajstić information content (AvgIpc) is 3.61. The van der Waals surface area contributed by atoms with E-state index in [-0.39, 0.29) is 17.6 Å². The summed E-state index contributed by atoms with van der Waals surface area (Å²) in [4.78, 5) is 27.2. The lowest BCUT2D eigenvalue weighted by molar-refractivity contribution is 0.0601. The van der Waals surface area contributed by atoms with Crippen LogP contribution in [0.5, 0.6) is 5.75 Å². The number of hydrogen-bond donors (Lipinski definition) is 3. The van der Waals surface area contributed by atoms with Crippen molar-refractivity contribution in [1.29, 1.82) is 0 Å². The lowest BCUT2D eigenvalue weighted by Gasteiger charge is -2.25. The molecule has 1 saturated heterocycles. The Labute approximate surface area is 199 Å². The fraction of sp³-hybridized carbons (Fsp3) is 0.440. The normalized spacial score (nSPS) is 16.6. The van der Waals surface area contributed by atoms with Crippen molar-refractivity contribution in [2.45, 2.75) is 38.7 Å². The van der Waals surface area contributed by atoms with Crippen LogP contribution >= 0.6 is 0 Å². The molecule has 2 aromatic rings. The molecule has 0 aromatic heterocycles. The summed E-state index contributed by atoms with van der Waals surface area (Å²) in [6.07, 6.45) is -1.03. The highest BCUT2D eigenvalue weighted by atomic mass is 16.6. The van der Waals surface area contributed by atoms with Crippen molar-refractivity contribution in [3.63, 3.8) is 0 Å². The maximum Gasteiger partial charge on any atom is 0.340 e. The first-order valence-electron chi connectivity index (χ1n) is 11.2. The van der Waals surface area contributed by atoms with E-state index in [4.69, 9.17) is 14.2 Å². The molecule has 9 heteroatoms. The van der Waals surface area contributed by atoms with Gasteiger partial charge in [-0.15, -0.1) is 0 Å². The molecule has 1 amide bonds. The van der Waals surface area contributed by atoms with E-state index in [1.165, 1.54) is 13.2 Å². The maximum absolute atomic E-state index is 13.0.